The summed E-state index contributed by atoms with van der Waals surface area (Å²) in [5.74, 6) is -1.38. The maximum Gasteiger partial charge on any atom is 0.350 e. The van der Waals surface area contributed by atoms with Crippen LogP contribution in [0.3, 0.4) is 0 Å². The predicted molar refractivity (Wildman–Crippen MR) is 166 cm³/mol. The molecule has 0 aliphatic rings. The zero-order valence-corrected chi connectivity index (χ0v) is 25.0. The Kier molecular flexibility index (Phi) is 13.2. The molecule has 10 nitrogen and oxygen atoms in total. The highest BCUT2D eigenvalue weighted by molar-refractivity contribution is 5.92. The highest BCUT2D eigenvalue weighted by atomic mass is 16.7. The van der Waals surface area contributed by atoms with Crippen molar-refractivity contribution in [1.82, 2.24) is 0 Å². The number of ether oxygens (including phenoxy) is 6. The van der Waals surface area contributed by atoms with Crippen LogP contribution in [0.2, 0.25) is 0 Å². The van der Waals surface area contributed by atoms with Crippen LogP contribution in [-0.4, -0.2) is 37.1 Å². The number of hydrogen-bond donors (Lipinski definition) is 0. The van der Waals surface area contributed by atoms with Crippen molar-refractivity contribution in [3.05, 3.63) is 138 Å². The van der Waals surface area contributed by atoms with Gasteiger partial charge in [-0.3, -0.25) is 0 Å². The number of hydrogen-bond acceptors (Lipinski definition) is 10. The summed E-state index contributed by atoms with van der Waals surface area (Å²) in [4.78, 5) is 47.9. The second kappa shape index (κ2) is 17.7. The van der Waals surface area contributed by atoms with Crippen molar-refractivity contribution < 1.29 is 47.6 Å². The third kappa shape index (κ3) is 11.1. The number of carbonyl (C=O) groups is 4. The van der Waals surface area contributed by atoms with Crippen molar-refractivity contribution in [3.8, 4) is 23.0 Å². The van der Waals surface area contributed by atoms with E-state index in [1.165, 1.54) is 36.4 Å². The highest BCUT2D eigenvalue weighted by Gasteiger charge is 2.14. The molecule has 0 saturated carbocycles. The van der Waals surface area contributed by atoms with E-state index in [1.54, 1.807) is 37.3 Å². The van der Waals surface area contributed by atoms with E-state index in [4.69, 9.17) is 28.4 Å². The van der Waals surface area contributed by atoms with Gasteiger partial charge in [-0.25, -0.2) is 19.2 Å². The number of benzene rings is 3. The quantitative estimate of drug-likeness (QED) is 0.0472. The van der Waals surface area contributed by atoms with Gasteiger partial charge in [0.2, 0.25) is 0 Å². The molecule has 0 amide bonds. The minimum Gasteiger partial charge on any atom is -0.494 e. The lowest BCUT2D eigenvalue weighted by atomic mass is 10.2. The van der Waals surface area contributed by atoms with Gasteiger partial charge in [0, 0.05) is 17.9 Å². The third-order valence-corrected chi connectivity index (χ3v) is 5.78. The molecule has 0 aliphatic heterocycles. The van der Waals surface area contributed by atoms with Crippen molar-refractivity contribution in [3.63, 3.8) is 0 Å². The van der Waals surface area contributed by atoms with E-state index in [-0.39, 0.29) is 35.4 Å². The molecule has 10 heteroatoms. The predicted octanol–water partition coefficient (Wildman–Crippen LogP) is 6.37. The zero-order valence-electron chi connectivity index (χ0n) is 25.0. The summed E-state index contributed by atoms with van der Waals surface area (Å²) in [6.07, 6.45) is 3.40. The SMILES string of the molecule is C=C=C=C=C(OC(=O)C=C)Oc1ccc(C(=O)Oc2ccc(OC(=O)c3ccc(OCCCCOC(=O)C=C)cc3)cc2C)cc1. The largest absolute Gasteiger partial charge is 0.494 e. The van der Waals surface area contributed by atoms with Crippen LogP contribution in [0, 0.1) is 6.92 Å². The summed E-state index contributed by atoms with van der Waals surface area (Å²) in [7, 11) is 0. The lowest BCUT2D eigenvalue weighted by Crippen LogP contribution is -2.11. The highest BCUT2D eigenvalue weighted by Crippen LogP contribution is 2.26. The lowest BCUT2D eigenvalue weighted by Gasteiger charge is -2.11. The summed E-state index contributed by atoms with van der Waals surface area (Å²) in [6, 6.07) is 17.0. The molecule has 0 radical (unpaired) electrons. The molecule has 3 rings (SSSR count). The fourth-order valence-corrected chi connectivity index (χ4v) is 3.50. The number of esters is 4. The summed E-state index contributed by atoms with van der Waals surface area (Å²) in [6.45, 7) is 12.4. The van der Waals surface area contributed by atoms with Gasteiger partial charge in [-0.15, -0.1) is 0 Å². The Morgan fingerprint density at radius 2 is 1.30 bits per heavy atom. The molecule has 0 saturated heterocycles. The molecule has 0 unspecified atom stereocenters. The molecule has 0 aliphatic carbocycles. The molecule has 0 heterocycles. The van der Waals surface area contributed by atoms with E-state index in [9.17, 15) is 19.2 Å². The Labute approximate surface area is 265 Å². The van der Waals surface area contributed by atoms with Crippen molar-refractivity contribution >= 4 is 23.9 Å². The van der Waals surface area contributed by atoms with E-state index >= 15 is 0 Å². The van der Waals surface area contributed by atoms with Crippen molar-refractivity contribution in [2.45, 2.75) is 19.8 Å². The van der Waals surface area contributed by atoms with Crippen LogP contribution in [-0.2, 0) is 19.1 Å². The maximum absolute atomic E-state index is 12.7. The first-order valence-electron chi connectivity index (χ1n) is 13.8. The van der Waals surface area contributed by atoms with Crippen LogP contribution >= 0.6 is 0 Å². The summed E-state index contributed by atoms with van der Waals surface area (Å²) < 4.78 is 31.9. The Balaban J connectivity index is 1.52. The second-order valence-corrected chi connectivity index (χ2v) is 9.12. The first kappa shape index (κ1) is 34.2. The van der Waals surface area contributed by atoms with Gasteiger partial charge in [0.15, 0.2) is 0 Å². The third-order valence-electron chi connectivity index (χ3n) is 5.78. The monoisotopic (exact) mass is 622 g/mol. The Morgan fingerprint density at radius 3 is 1.91 bits per heavy atom. The van der Waals surface area contributed by atoms with E-state index in [0.717, 1.165) is 12.2 Å². The maximum atomic E-state index is 12.7. The summed E-state index contributed by atoms with van der Waals surface area (Å²) in [5, 5.41) is 0. The molecule has 234 valence electrons. The molecule has 0 bridgehead atoms. The van der Waals surface area contributed by atoms with E-state index < -0.39 is 23.9 Å². The van der Waals surface area contributed by atoms with Gasteiger partial charge in [-0.2, -0.15) is 0 Å². The molecular weight excluding hydrogens is 592 g/mol. The number of unbranched alkanes of at least 4 members (excludes halogenated alkanes) is 1. The molecule has 0 N–H and O–H groups in total. The van der Waals surface area contributed by atoms with Gasteiger partial charge in [0.25, 0.3) is 0 Å². The zero-order chi connectivity index (χ0) is 33.3. The standard InChI is InChI=1S/C36H30O10/c1-5-8-11-34(46-33(38)7-3)43-29-18-14-27(15-19-29)36(40)45-31-21-20-30(24-25(31)4)44-35(39)26-12-16-28(17-13-26)41-22-9-10-23-42-32(37)6-2/h6-7,12-21,24H,1-3,9-10,22-23H2,4H3. The minimum absolute atomic E-state index is 0.221. The molecule has 0 fully saturated rings. The van der Waals surface area contributed by atoms with E-state index in [1.807, 2.05) is 0 Å². The van der Waals surface area contributed by atoms with E-state index in [2.05, 4.69) is 36.9 Å². The Hall–Kier alpha value is -6.30. The first-order valence-corrected chi connectivity index (χ1v) is 13.8. The van der Waals surface area contributed by atoms with Crippen LogP contribution in [0.4, 0.5) is 0 Å². The van der Waals surface area contributed by atoms with Gasteiger partial charge in [0.05, 0.1) is 24.3 Å². The van der Waals surface area contributed by atoms with Crippen LogP contribution in [0.1, 0.15) is 39.1 Å². The fourth-order valence-electron chi connectivity index (χ4n) is 3.50. The molecule has 46 heavy (non-hydrogen) atoms. The summed E-state index contributed by atoms with van der Waals surface area (Å²) >= 11 is 0. The van der Waals surface area contributed by atoms with Crippen LogP contribution in [0.5, 0.6) is 23.0 Å². The minimum atomic E-state index is -0.764. The fraction of sp³-hybridized carbons (Fsp3) is 0.139. The Morgan fingerprint density at radius 1 is 0.717 bits per heavy atom. The topological polar surface area (TPSA) is 124 Å². The number of rotatable bonds is 15. The van der Waals surface area contributed by atoms with Crippen molar-refractivity contribution in [2.24, 2.45) is 0 Å². The van der Waals surface area contributed by atoms with Crippen molar-refractivity contribution in [1.29, 1.82) is 0 Å². The molecule has 0 atom stereocenters. The van der Waals surface area contributed by atoms with Gasteiger partial charge in [-0.05, 0) is 104 Å². The molecule has 0 spiro atoms. The smallest absolute Gasteiger partial charge is 0.350 e. The van der Waals surface area contributed by atoms with Crippen LogP contribution in [0.25, 0.3) is 0 Å². The van der Waals surface area contributed by atoms with Gasteiger partial charge in [-0.1, -0.05) is 18.9 Å². The number of aryl methyl sites for hydroxylation is 1. The number of carbonyl (C=O) groups excluding carboxylic acids is 4. The molecular formula is C36H30O10. The molecule has 3 aromatic rings. The lowest BCUT2D eigenvalue weighted by molar-refractivity contribution is -0.138. The Bertz CT molecular complexity index is 1720. The summed E-state index contributed by atoms with van der Waals surface area (Å²) in [5.41, 5.74) is 8.27. The average Bonchev–Trinajstić information content (AvgIpc) is 3.06. The van der Waals surface area contributed by atoms with Gasteiger partial charge >= 0.3 is 29.8 Å². The van der Waals surface area contributed by atoms with E-state index in [0.29, 0.717) is 36.3 Å². The van der Waals surface area contributed by atoms with Crippen LogP contribution < -0.4 is 18.9 Å². The first-order chi connectivity index (χ1) is 22.2. The van der Waals surface area contributed by atoms with Crippen molar-refractivity contribution in [2.75, 3.05) is 13.2 Å². The normalized spacial score (nSPS) is 9.67. The van der Waals surface area contributed by atoms with Gasteiger partial charge < -0.3 is 28.4 Å². The van der Waals surface area contributed by atoms with Crippen LogP contribution in [0.15, 0.2) is 122 Å². The molecule has 0 aromatic heterocycles. The molecule has 3 aromatic carbocycles. The van der Waals surface area contributed by atoms with Gasteiger partial charge in [0.1, 0.15) is 23.0 Å². The average molecular weight is 623 g/mol. The second-order valence-electron chi connectivity index (χ2n) is 9.12.